The summed E-state index contributed by atoms with van der Waals surface area (Å²) < 4.78 is 4.94. The van der Waals surface area contributed by atoms with Crippen molar-refractivity contribution in [1.29, 1.82) is 0 Å². The maximum absolute atomic E-state index is 12.3. The smallest absolute Gasteiger partial charge is 0.345 e. The van der Waals surface area contributed by atoms with Crippen molar-refractivity contribution in [3.05, 3.63) is 72.4 Å². The molecule has 2 aromatic carbocycles. The minimum atomic E-state index is -0.677. The molecule has 0 aliphatic heterocycles. The lowest BCUT2D eigenvalue weighted by Crippen LogP contribution is -2.23. The van der Waals surface area contributed by atoms with E-state index in [9.17, 15) is 9.59 Å². The van der Waals surface area contributed by atoms with Crippen molar-refractivity contribution >= 4 is 23.3 Å². The number of nitrogens with one attached hydrogen (secondary N) is 2. The fourth-order valence-corrected chi connectivity index (χ4v) is 1.84. The van der Waals surface area contributed by atoms with Gasteiger partial charge in [-0.05, 0) is 31.2 Å². The molecule has 23 heavy (non-hydrogen) atoms. The van der Waals surface area contributed by atoms with E-state index in [1.807, 2.05) is 36.4 Å². The van der Waals surface area contributed by atoms with Gasteiger partial charge in [0.25, 0.3) is 5.91 Å². The fourth-order valence-electron chi connectivity index (χ4n) is 1.84. The van der Waals surface area contributed by atoms with Gasteiger partial charge in [-0.25, -0.2) is 4.79 Å². The zero-order valence-electron chi connectivity index (χ0n) is 12.8. The summed E-state index contributed by atoms with van der Waals surface area (Å²) in [6.07, 6.45) is 1.35. The van der Waals surface area contributed by atoms with Crippen molar-refractivity contribution in [2.45, 2.75) is 6.92 Å². The van der Waals surface area contributed by atoms with Gasteiger partial charge < -0.3 is 15.4 Å². The van der Waals surface area contributed by atoms with Crippen LogP contribution in [0, 0.1) is 0 Å². The number of hydrogen-bond acceptors (Lipinski definition) is 4. The van der Waals surface area contributed by atoms with Crippen LogP contribution >= 0.6 is 0 Å². The van der Waals surface area contributed by atoms with Crippen LogP contribution in [0.1, 0.15) is 6.92 Å². The lowest BCUT2D eigenvalue weighted by Gasteiger charge is -2.09. The van der Waals surface area contributed by atoms with E-state index in [-0.39, 0.29) is 12.2 Å². The highest BCUT2D eigenvalue weighted by atomic mass is 16.5. The second-order valence-corrected chi connectivity index (χ2v) is 4.61. The molecule has 2 aromatic rings. The van der Waals surface area contributed by atoms with Crippen LogP contribution in [0.3, 0.4) is 0 Å². The molecule has 0 unspecified atom stereocenters. The quantitative estimate of drug-likeness (QED) is 0.372. The minimum absolute atomic E-state index is 0.0976. The molecule has 0 fully saturated rings. The Morgan fingerprint density at radius 1 is 0.957 bits per heavy atom. The van der Waals surface area contributed by atoms with Crippen molar-refractivity contribution in [2.75, 3.05) is 17.2 Å². The van der Waals surface area contributed by atoms with Gasteiger partial charge >= 0.3 is 5.97 Å². The van der Waals surface area contributed by atoms with E-state index in [0.717, 1.165) is 5.69 Å². The summed E-state index contributed by atoms with van der Waals surface area (Å²) in [5.74, 6) is -1.21. The third-order valence-corrected chi connectivity index (χ3v) is 2.93. The molecule has 5 heteroatoms. The predicted octanol–water partition coefficient (Wildman–Crippen LogP) is 3.18. The Morgan fingerprint density at radius 3 is 2.09 bits per heavy atom. The molecule has 2 N–H and O–H groups in total. The number of ether oxygens (including phenoxy) is 1. The van der Waals surface area contributed by atoms with E-state index in [2.05, 4.69) is 10.6 Å². The molecule has 1 amide bonds. The first-order valence-corrected chi connectivity index (χ1v) is 7.26. The van der Waals surface area contributed by atoms with E-state index in [1.165, 1.54) is 6.20 Å². The highest BCUT2D eigenvalue weighted by Gasteiger charge is 2.19. The number of carbonyl (C=O) groups is 2. The maximum atomic E-state index is 12.3. The Bertz CT molecular complexity index is 682. The maximum Gasteiger partial charge on any atom is 0.345 e. The van der Waals surface area contributed by atoms with Crippen LogP contribution in [0.2, 0.25) is 0 Å². The lowest BCUT2D eigenvalue weighted by atomic mass is 10.2. The molecule has 2 rings (SSSR count). The zero-order valence-corrected chi connectivity index (χ0v) is 12.8. The van der Waals surface area contributed by atoms with Crippen molar-refractivity contribution in [3.8, 4) is 0 Å². The standard InChI is InChI=1S/C18H18N2O3/c1-2-23-18(22)16(13-19-14-9-5-3-6-10-14)17(21)20-15-11-7-4-8-12-15/h3-13,19H,2H2,1H3,(H,20,21)/b16-13+. The summed E-state index contributed by atoms with van der Waals surface area (Å²) in [7, 11) is 0. The first kappa shape index (κ1) is 16.3. The van der Waals surface area contributed by atoms with Crippen LogP contribution in [0.4, 0.5) is 11.4 Å². The molecule has 0 saturated heterocycles. The summed E-state index contributed by atoms with van der Waals surface area (Å²) in [6, 6.07) is 18.2. The van der Waals surface area contributed by atoms with Gasteiger partial charge in [0.05, 0.1) is 6.61 Å². The highest BCUT2D eigenvalue weighted by Crippen LogP contribution is 2.11. The summed E-state index contributed by atoms with van der Waals surface area (Å²) >= 11 is 0. The third kappa shape index (κ3) is 5.00. The molecular formula is C18H18N2O3. The van der Waals surface area contributed by atoms with Crippen molar-refractivity contribution in [2.24, 2.45) is 0 Å². The predicted molar refractivity (Wildman–Crippen MR) is 89.9 cm³/mol. The second kappa shape index (κ2) is 8.38. The Balaban J connectivity index is 2.16. The number of amides is 1. The Hall–Kier alpha value is -3.08. The molecule has 0 bridgehead atoms. The summed E-state index contributed by atoms with van der Waals surface area (Å²) in [5, 5.41) is 5.60. The van der Waals surface area contributed by atoms with Gasteiger partial charge in [-0.2, -0.15) is 0 Å². The molecule has 0 aromatic heterocycles. The van der Waals surface area contributed by atoms with E-state index in [0.29, 0.717) is 5.69 Å². The number of carbonyl (C=O) groups excluding carboxylic acids is 2. The van der Waals surface area contributed by atoms with Crippen LogP contribution in [0.15, 0.2) is 72.4 Å². The van der Waals surface area contributed by atoms with Crippen LogP contribution in [0.5, 0.6) is 0 Å². The van der Waals surface area contributed by atoms with E-state index in [4.69, 9.17) is 4.74 Å². The van der Waals surface area contributed by atoms with Crippen molar-refractivity contribution in [3.63, 3.8) is 0 Å². The number of rotatable bonds is 6. The van der Waals surface area contributed by atoms with Gasteiger partial charge in [0, 0.05) is 17.6 Å². The van der Waals surface area contributed by atoms with Gasteiger partial charge in [-0.1, -0.05) is 36.4 Å². The van der Waals surface area contributed by atoms with Crippen LogP contribution in [-0.2, 0) is 14.3 Å². The average Bonchev–Trinajstić information content (AvgIpc) is 2.57. The molecule has 0 radical (unpaired) electrons. The Labute approximate surface area is 135 Å². The molecule has 0 aliphatic carbocycles. The third-order valence-electron chi connectivity index (χ3n) is 2.93. The number of esters is 1. The van der Waals surface area contributed by atoms with Crippen molar-refractivity contribution in [1.82, 2.24) is 0 Å². The summed E-state index contributed by atoms with van der Waals surface area (Å²) in [4.78, 5) is 24.3. The molecule has 118 valence electrons. The van der Waals surface area contributed by atoms with Gasteiger partial charge in [0.15, 0.2) is 0 Å². The van der Waals surface area contributed by atoms with Gasteiger partial charge in [0.2, 0.25) is 0 Å². The lowest BCUT2D eigenvalue weighted by molar-refractivity contribution is -0.139. The number of anilines is 2. The summed E-state index contributed by atoms with van der Waals surface area (Å²) in [6.45, 7) is 1.88. The van der Waals surface area contributed by atoms with E-state index in [1.54, 1.807) is 31.2 Å². The van der Waals surface area contributed by atoms with Crippen LogP contribution in [0.25, 0.3) is 0 Å². The molecule has 0 spiro atoms. The average molecular weight is 310 g/mol. The normalized spacial score (nSPS) is 10.7. The first-order chi connectivity index (χ1) is 11.2. The van der Waals surface area contributed by atoms with E-state index < -0.39 is 11.9 Å². The molecule has 5 nitrogen and oxygen atoms in total. The Kier molecular flexibility index (Phi) is 5.94. The monoisotopic (exact) mass is 310 g/mol. The SMILES string of the molecule is CCOC(=O)/C(=C/Nc1ccccc1)C(=O)Nc1ccccc1. The summed E-state index contributed by atoms with van der Waals surface area (Å²) in [5.41, 5.74) is 1.27. The molecule has 0 aliphatic rings. The van der Waals surface area contributed by atoms with Gasteiger partial charge in [-0.15, -0.1) is 0 Å². The second-order valence-electron chi connectivity index (χ2n) is 4.61. The van der Waals surface area contributed by atoms with Gasteiger partial charge in [-0.3, -0.25) is 4.79 Å². The van der Waals surface area contributed by atoms with E-state index >= 15 is 0 Å². The number of benzene rings is 2. The largest absolute Gasteiger partial charge is 0.462 e. The molecule has 0 atom stereocenters. The minimum Gasteiger partial charge on any atom is -0.462 e. The van der Waals surface area contributed by atoms with Crippen molar-refractivity contribution < 1.29 is 14.3 Å². The molecular weight excluding hydrogens is 292 g/mol. The highest BCUT2D eigenvalue weighted by molar-refractivity contribution is 6.21. The number of hydrogen-bond donors (Lipinski definition) is 2. The first-order valence-electron chi connectivity index (χ1n) is 7.26. The zero-order chi connectivity index (χ0) is 16.5. The van der Waals surface area contributed by atoms with Crippen LogP contribution in [-0.4, -0.2) is 18.5 Å². The Morgan fingerprint density at radius 2 is 1.52 bits per heavy atom. The molecule has 0 heterocycles. The van der Waals surface area contributed by atoms with Gasteiger partial charge in [0.1, 0.15) is 5.57 Å². The fraction of sp³-hybridized carbons (Fsp3) is 0.111. The molecule has 0 saturated carbocycles. The topological polar surface area (TPSA) is 67.4 Å². The number of para-hydroxylation sites is 2. The van der Waals surface area contributed by atoms with Crippen LogP contribution < -0.4 is 10.6 Å².